The van der Waals surface area contributed by atoms with E-state index in [1.54, 1.807) is 18.2 Å². The normalized spacial score (nSPS) is 10.1. The molecule has 0 atom stereocenters. The van der Waals surface area contributed by atoms with Crippen LogP contribution in [0.2, 0.25) is 5.02 Å². The standard InChI is InChI=1S/C8H4BrClN4OS/c9-6-3-4(10)1-2-5(6)7(15)11-8-12-13-14-16-8/h1-3H,(H,11,12,14,15). The van der Waals surface area contributed by atoms with Gasteiger partial charge in [0, 0.05) is 21.0 Å². The smallest absolute Gasteiger partial charge is 0.258 e. The number of benzene rings is 1. The second-order valence-electron chi connectivity index (χ2n) is 2.75. The maximum absolute atomic E-state index is 11.8. The zero-order chi connectivity index (χ0) is 11.5. The number of hydrogen-bond acceptors (Lipinski definition) is 5. The summed E-state index contributed by atoms with van der Waals surface area (Å²) in [6, 6.07) is 4.91. The summed E-state index contributed by atoms with van der Waals surface area (Å²) in [4.78, 5) is 11.8. The van der Waals surface area contributed by atoms with Gasteiger partial charge in [-0.1, -0.05) is 21.2 Å². The molecule has 0 aliphatic heterocycles. The van der Waals surface area contributed by atoms with Crippen molar-refractivity contribution in [2.75, 3.05) is 5.32 Å². The molecule has 5 nitrogen and oxygen atoms in total. The van der Waals surface area contributed by atoms with Crippen molar-refractivity contribution in [1.29, 1.82) is 0 Å². The van der Waals surface area contributed by atoms with E-state index in [1.807, 2.05) is 0 Å². The minimum absolute atomic E-state index is 0.290. The topological polar surface area (TPSA) is 67.8 Å². The van der Waals surface area contributed by atoms with Gasteiger partial charge >= 0.3 is 0 Å². The number of carbonyl (C=O) groups excluding carboxylic acids is 1. The molecule has 16 heavy (non-hydrogen) atoms. The van der Waals surface area contributed by atoms with Crippen LogP contribution < -0.4 is 5.32 Å². The summed E-state index contributed by atoms with van der Waals surface area (Å²) in [6.45, 7) is 0. The van der Waals surface area contributed by atoms with E-state index >= 15 is 0 Å². The number of halogens is 2. The van der Waals surface area contributed by atoms with Gasteiger partial charge in [0.1, 0.15) is 0 Å². The fourth-order valence-electron chi connectivity index (χ4n) is 1.02. The van der Waals surface area contributed by atoms with Gasteiger partial charge in [-0.15, -0.1) is 0 Å². The third kappa shape index (κ3) is 2.55. The molecule has 1 aromatic carbocycles. The molecule has 1 aromatic heterocycles. The van der Waals surface area contributed by atoms with Crippen molar-refractivity contribution in [1.82, 2.24) is 14.8 Å². The van der Waals surface area contributed by atoms with E-state index in [2.05, 4.69) is 36.0 Å². The molecular weight excluding hydrogens is 316 g/mol. The molecule has 1 N–H and O–H groups in total. The highest BCUT2D eigenvalue weighted by atomic mass is 79.9. The van der Waals surface area contributed by atoms with E-state index in [9.17, 15) is 4.79 Å². The molecule has 0 radical (unpaired) electrons. The minimum Gasteiger partial charge on any atom is -0.295 e. The Labute approximate surface area is 108 Å². The first-order chi connectivity index (χ1) is 7.66. The molecule has 0 unspecified atom stereocenters. The second kappa shape index (κ2) is 4.86. The fraction of sp³-hybridized carbons (Fsp3) is 0. The lowest BCUT2D eigenvalue weighted by Gasteiger charge is -2.03. The number of rotatable bonds is 2. The zero-order valence-electron chi connectivity index (χ0n) is 7.65. The highest BCUT2D eigenvalue weighted by molar-refractivity contribution is 9.10. The van der Waals surface area contributed by atoms with Crippen LogP contribution in [0.4, 0.5) is 5.13 Å². The summed E-state index contributed by atoms with van der Waals surface area (Å²) in [5.74, 6) is -0.290. The molecule has 0 fully saturated rings. The van der Waals surface area contributed by atoms with Crippen LogP contribution in [0, 0.1) is 0 Å². The monoisotopic (exact) mass is 318 g/mol. The minimum atomic E-state index is -0.290. The van der Waals surface area contributed by atoms with Gasteiger partial charge in [0.25, 0.3) is 5.91 Å². The van der Waals surface area contributed by atoms with Gasteiger partial charge in [-0.25, -0.2) is 0 Å². The number of anilines is 1. The van der Waals surface area contributed by atoms with Crippen LogP contribution in [0.5, 0.6) is 0 Å². The van der Waals surface area contributed by atoms with Crippen molar-refractivity contribution in [3.8, 4) is 0 Å². The summed E-state index contributed by atoms with van der Waals surface area (Å²) < 4.78 is 4.16. The van der Waals surface area contributed by atoms with Gasteiger partial charge in [-0.3, -0.25) is 10.1 Å². The molecule has 1 heterocycles. The Balaban J connectivity index is 2.21. The van der Waals surface area contributed by atoms with Crippen molar-refractivity contribution >= 4 is 50.1 Å². The van der Waals surface area contributed by atoms with E-state index in [0.29, 0.717) is 20.2 Å². The molecule has 2 rings (SSSR count). The van der Waals surface area contributed by atoms with Crippen LogP contribution in [-0.2, 0) is 0 Å². The van der Waals surface area contributed by atoms with E-state index in [1.165, 1.54) is 0 Å². The Bertz CT molecular complexity index is 519. The van der Waals surface area contributed by atoms with Gasteiger partial charge in [0.2, 0.25) is 5.13 Å². The number of nitrogens with zero attached hydrogens (tertiary/aromatic N) is 3. The summed E-state index contributed by atoms with van der Waals surface area (Å²) in [5.41, 5.74) is 0.472. The van der Waals surface area contributed by atoms with Crippen molar-refractivity contribution in [2.24, 2.45) is 0 Å². The van der Waals surface area contributed by atoms with Crippen molar-refractivity contribution in [3.63, 3.8) is 0 Å². The van der Waals surface area contributed by atoms with Crippen LogP contribution in [0.25, 0.3) is 0 Å². The van der Waals surface area contributed by atoms with Gasteiger partial charge in [0.15, 0.2) is 0 Å². The molecule has 0 aliphatic rings. The maximum Gasteiger partial charge on any atom is 0.258 e. The number of aromatic nitrogens is 3. The first kappa shape index (κ1) is 11.4. The van der Waals surface area contributed by atoms with Crippen molar-refractivity contribution in [3.05, 3.63) is 33.3 Å². The van der Waals surface area contributed by atoms with Crippen LogP contribution in [0.15, 0.2) is 22.7 Å². The lowest BCUT2D eigenvalue weighted by atomic mass is 10.2. The molecule has 0 spiro atoms. The van der Waals surface area contributed by atoms with Gasteiger partial charge in [-0.05, 0) is 39.3 Å². The van der Waals surface area contributed by atoms with Crippen LogP contribution in [0.3, 0.4) is 0 Å². The molecule has 1 amide bonds. The fourth-order valence-corrected chi connectivity index (χ4v) is 2.24. The van der Waals surface area contributed by atoms with Crippen molar-refractivity contribution < 1.29 is 4.79 Å². The number of carbonyl (C=O) groups is 1. The highest BCUT2D eigenvalue weighted by Gasteiger charge is 2.12. The Morgan fingerprint density at radius 3 is 2.94 bits per heavy atom. The summed E-state index contributed by atoms with van der Waals surface area (Å²) in [5, 5.41) is 10.5. The van der Waals surface area contributed by atoms with Crippen LogP contribution >= 0.6 is 39.1 Å². The average molecular weight is 320 g/mol. The summed E-state index contributed by atoms with van der Waals surface area (Å²) >= 11 is 10.0. The van der Waals surface area contributed by atoms with Gasteiger partial charge in [-0.2, -0.15) is 0 Å². The first-order valence-corrected chi connectivity index (χ1v) is 6.02. The average Bonchev–Trinajstić information content (AvgIpc) is 2.70. The molecule has 0 saturated carbocycles. The third-order valence-corrected chi connectivity index (χ3v) is 3.10. The SMILES string of the molecule is O=C(Nc1nnns1)c1ccc(Cl)cc1Br. The van der Waals surface area contributed by atoms with Gasteiger partial charge < -0.3 is 0 Å². The Hall–Kier alpha value is -1.05. The summed E-state index contributed by atoms with van der Waals surface area (Å²) in [7, 11) is 0. The predicted molar refractivity (Wildman–Crippen MR) is 64.8 cm³/mol. The van der Waals surface area contributed by atoms with Gasteiger partial charge in [0.05, 0.1) is 5.56 Å². The van der Waals surface area contributed by atoms with Crippen LogP contribution in [-0.4, -0.2) is 20.7 Å². The van der Waals surface area contributed by atoms with Crippen LogP contribution in [0.1, 0.15) is 10.4 Å². The lowest BCUT2D eigenvalue weighted by molar-refractivity contribution is 0.102. The first-order valence-electron chi connectivity index (χ1n) is 4.08. The molecule has 0 aliphatic carbocycles. The summed E-state index contributed by atoms with van der Waals surface area (Å²) in [6.07, 6.45) is 0. The molecule has 0 saturated heterocycles. The molecule has 0 bridgehead atoms. The Kier molecular flexibility index (Phi) is 3.47. The van der Waals surface area contributed by atoms with E-state index < -0.39 is 0 Å². The number of hydrogen-bond donors (Lipinski definition) is 1. The second-order valence-corrected chi connectivity index (χ2v) is 4.77. The Morgan fingerprint density at radius 2 is 2.31 bits per heavy atom. The largest absolute Gasteiger partial charge is 0.295 e. The van der Waals surface area contributed by atoms with E-state index in [0.717, 1.165) is 11.5 Å². The molecule has 2 aromatic rings. The quantitative estimate of drug-likeness (QED) is 0.924. The van der Waals surface area contributed by atoms with E-state index in [-0.39, 0.29) is 5.91 Å². The third-order valence-electron chi connectivity index (χ3n) is 1.70. The number of amides is 1. The molecule has 82 valence electrons. The predicted octanol–water partition coefficient (Wildman–Crippen LogP) is 2.60. The molecular formula is C8H4BrClN4OS. The maximum atomic E-state index is 11.8. The lowest BCUT2D eigenvalue weighted by Crippen LogP contribution is -2.12. The zero-order valence-corrected chi connectivity index (χ0v) is 10.8. The molecule has 8 heteroatoms. The highest BCUT2D eigenvalue weighted by Crippen LogP contribution is 2.22. The van der Waals surface area contributed by atoms with E-state index in [4.69, 9.17) is 11.6 Å². The van der Waals surface area contributed by atoms with Crippen molar-refractivity contribution in [2.45, 2.75) is 0 Å². The Morgan fingerprint density at radius 1 is 1.50 bits per heavy atom. The number of nitrogens with one attached hydrogen (secondary N) is 1.